The maximum atomic E-state index is 7.45. The summed E-state index contributed by atoms with van der Waals surface area (Å²) in [5.41, 5.74) is 17.4. The standard InChI is InChI=1S/C22H17N4.4C13H15N4.Y/c1-24-11-9-19(18-8-7-16-5-3-4-6-17(16)13-18)14-20(24)21-15-26-12-10-23-22(26)25(21)2;1-10-4-6-15(2)11(8-10)12-9-17-7-5-14-13(17)16(12)3;1-10-4-5-11(15(2)8-10)12-9-17-7-6-14-13(17)16(12)3;1-10-5-4-7-15(2)12(10)11-9-17-8-6-14-13(17)16(11)3;1-10-5-4-6-11(15(10)2)12-9-17-8-7-14-13(17)16(12)3;/h3-7,10-15H,1-2H3;4*4-9H,1-3H3;/q-1;4*+1;/i;;1D3;;;. The van der Waals surface area contributed by atoms with E-state index in [0.717, 1.165) is 62.8 Å². The fourth-order valence-electron chi connectivity index (χ4n) is 12.2. The van der Waals surface area contributed by atoms with Crippen LogP contribution in [0.15, 0.2) is 215 Å². The van der Waals surface area contributed by atoms with E-state index in [4.69, 9.17) is 4.11 Å². The van der Waals surface area contributed by atoms with E-state index >= 15 is 0 Å². The van der Waals surface area contributed by atoms with Gasteiger partial charge in [-0.2, -0.15) is 36.5 Å². The first-order valence-electron chi connectivity index (χ1n) is 32.2. The summed E-state index contributed by atoms with van der Waals surface area (Å²) < 4.78 is 53.2. The van der Waals surface area contributed by atoms with Gasteiger partial charge in [0.25, 0.3) is 0 Å². The molecular weight excluding hydrogens is 1260 g/mol. The smallest absolute Gasteiger partial charge is 0.233 e. The second-order valence-electron chi connectivity index (χ2n) is 23.7. The summed E-state index contributed by atoms with van der Waals surface area (Å²) >= 11 is 0. The molecule has 0 amide bonds. The maximum Gasteiger partial charge on any atom is 0.233 e. The first-order valence-corrected chi connectivity index (χ1v) is 30.7. The van der Waals surface area contributed by atoms with E-state index in [1.54, 1.807) is 18.5 Å². The molecule has 95 heavy (non-hydrogen) atoms. The van der Waals surface area contributed by atoms with Gasteiger partial charge in [-0.15, -0.1) is 16.8 Å². The third kappa shape index (κ3) is 12.5. The molecule has 0 saturated heterocycles. The Balaban J connectivity index is 0.000000118. The summed E-state index contributed by atoms with van der Waals surface area (Å²) in [5.74, 6) is 4.65. The molecule has 0 unspecified atom stereocenters. The second-order valence-corrected chi connectivity index (χ2v) is 23.7. The van der Waals surface area contributed by atoms with E-state index in [9.17, 15) is 0 Å². The minimum absolute atomic E-state index is 0. The SMILES string of the molecule is Cc1cc[n+](C)c(-c2cn3ccnc3n2C)c1.Cc1ccc[n+](C)c1-c1cn2ccnc2n1C.Cc1cccc(-c2cn3ccnc3n2C)[n+]1C.Cn1c(-c2cc(-c3[c-]cc4ccccc4c3)[c-]c[n+]2C)cn2ccnc12.[2H]C([2H])([2H])c1ccc(-c2cn3ccnc3n2C)[n+](C)c1.[Y]. The molecule has 473 valence electrons. The average molecular weight is 1340 g/mol. The monoisotopic (exact) mass is 1340 g/mol. The molecule has 0 spiro atoms. The van der Waals surface area contributed by atoms with Crippen molar-refractivity contribution in [1.29, 1.82) is 0 Å². The number of pyridine rings is 5. The molecule has 17 aromatic rings. The van der Waals surface area contributed by atoms with Crippen LogP contribution in [0.2, 0.25) is 0 Å². The van der Waals surface area contributed by atoms with Gasteiger partial charge in [-0.05, 0) is 44.5 Å². The van der Waals surface area contributed by atoms with Crippen molar-refractivity contribution >= 4 is 39.7 Å². The molecule has 0 aliphatic rings. The van der Waals surface area contributed by atoms with E-state index in [1.165, 1.54) is 61.8 Å². The summed E-state index contributed by atoms with van der Waals surface area (Å²) in [4.78, 5) is 21.7. The molecule has 0 aliphatic heterocycles. The molecule has 2 aromatic carbocycles. The van der Waals surface area contributed by atoms with Gasteiger partial charge in [0.15, 0.2) is 30.0 Å². The average Bonchev–Trinajstić information content (AvgIpc) is 1.62. The van der Waals surface area contributed by atoms with Crippen LogP contribution in [0.25, 0.3) is 108 Å². The fourth-order valence-corrected chi connectivity index (χ4v) is 12.2. The molecule has 21 heteroatoms. The number of benzene rings is 2. The Morgan fingerprint density at radius 1 is 0.411 bits per heavy atom. The molecule has 0 fully saturated rings. The van der Waals surface area contributed by atoms with Crippen LogP contribution in [0.3, 0.4) is 0 Å². The van der Waals surface area contributed by atoms with Gasteiger partial charge in [0.2, 0.25) is 51.7 Å². The molecule has 17 rings (SSSR count). The number of rotatable bonds is 6. The van der Waals surface area contributed by atoms with Crippen molar-refractivity contribution in [2.75, 3.05) is 0 Å². The topological polar surface area (TPSA) is 131 Å². The van der Waals surface area contributed by atoms with Crippen LogP contribution >= 0.6 is 0 Å². The largest absolute Gasteiger partial charge is 0.309 e. The molecule has 0 atom stereocenters. The van der Waals surface area contributed by atoms with Crippen LogP contribution in [0.5, 0.6) is 0 Å². The Morgan fingerprint density at radius 3 is 1.41 bits per heavy atom. The van der Waals surface area contributed by atoms with Gasteiger partial charge in [0.05, 0.1) is 0 Å². The predicted molar refractivity (Wildman–Crippen MR) is 363 cm³/mol. The van der Waals surface area contributed by atoms with E-state index in [-0.39, 0.29) is 32.7 Å². The summed E-state index contributed by atoms with van der Waals surface area (Å²) in [5, 5.41) is 2.41. The number of hydrogen-bond donors (Lipinski definition) is 0. The Kier molecular flexibility index (Phi) is 17.0. The van der Waals surface area contributed by atoms with Crippen molar-refractivity contribution in [3.8, 4) is 68.1 Å². The summed E-state index contributed by atoms with van der Waals surface area (Å²) in [6.45, 7) is 4.26. The van der Waals surface area contributed by atoms with Crippen LogP contribution in [0.4, 0.5) is 0 Å². The summed E-state index contributed by atoms with van der Waals surface area (Å²) in [7, 11) is 20.2. The fraction of sp³-hybridized carbons (Fsp3) is 0.189. The number of imidazole rings is 10. The van der Waals surface area contributed by atoms with Gasteiger partial charge in [0, 0.05) is 219 Å². The third-order valence-electron chi connectivity index (χ3n) is 17.5. The Bertz CT molecular complexity index is 5640. The molecule has 15 heterocycles. The Hall–Kier alpha value is -10.7. The molecule has 1 radical (unpaired) electrons. The predicted octanol–water partition coefficient (Wildman–Crippen LogP) is 9.47. The number of aromatic nitrogens is 20. The van der Waals surface area contributed by atoms with E-state index in [2.05, 4.69) is 225 Å². The Labute approximate surface area is 580 Å². The van der Waals surface area contributed by atoms with Crippen LogP contribution in [-0.2, 0) is 103 Å². The van der Waals surface area contributed by atoms with E-state index in [1.807, 2.05) is 167 Å². The minimum atomic E-state index is -2.08. The van der Waals surface area contributed by atoms with Crippen LogP contribution < -0.4 is 22.8 Å². The van der Waals surface area contributed by atoms with Gasteiger partial charge < -0.3 is 22.8 Å². The molecule has 0 saturated carbocycles. The van der Waals surface area contributed by atoms with Gasteiger partial charge in [-0.3, -0.25) is 33.1 Å². The molecule has 0 bridgehead atoms. The van der Waals surface area contributed by atoms with E-state index in [0.29, 0.717) is 5.56 Å². The van der Waals surface area contributed by atoms with Crippen molar-refractivity contribution in [1.82, 2.24) is 69.8 Å². The molecule has 15 aromatic heterocycles. The van der Waals surface area contributed by atoms with Crippen LogP contribution in [0.1, 0.15) is 26.5 Å². The van der Waals surface area contributed by atoms with Gasteiger partial charge in [-0.25, -0.2) is 35.6 Å². The second kappa shape index (κ2) is 26.7. The maximum absolute atomic E-state index is 7.45. The molecular formula is C74H77N20Y+3. The number of aryl methyl sites for hydroxylation is 13. The molecule has 20 nitrogen and oxygen atoms in total. The van der Waals surface area contributed by atoms with E-state index < -0.39 is 6.85 Å². The van der Waals surface area contributed by atoms with Crippen molar-refractivity contribution in [2.45, 2.75) is 27.6 Å². The van der Waals surface area contributed by atoms with Crippen molar-refractivity contribution < 1.29 is 59.7 Å². The van der Waals surface area contributed by atoms with Crippen LogP contribution in [-0.4, -0.2) is 69.8 Å². The number of nitrogens with zero attached hydrogens (tertiary/aromatic N) is 20. The zero-order valence-corrected chi connectivity index (χ0v) is 58.6. The third-order valence-corrected chi connectivity index (χ3v) is 17.5. The van der Waals surface area contributed by atoms with Gasteiger partial charge in [0.1, 0.15) is 69.9 Å². The van der Waals surface area contributed by atoms with Crippen LogP contribution in [0, 0.1) is 39.8 Å². The van der Waals surface area contributed by atoms with Crippen molar-refractivity contribution in [2.24, 2.45) is 70.5 Å². The quantitative estimate of drug-likeness (QED) is 0.121. The zero-order valence-electron chi connectivity index (χ0n) is 58.7. The summed E-state index contributed by atoms with van der Waals surface area (Å²) in [6, 6.07) is 39.8. The first kappa shape index (κ1) is 60.5. The number of fused-ring (bicyclic) bond motifs is 6. The van der Waals surface area contributed by atoms with Gasteiger partial charge >= 0.3 is 0 Å². The van der Waals surface area contributed by atoms with Crippen molar-refractivity contribution in [3.05, 3.63) is 249 Å². The van der Waals surface area contributed by atoms with Crippen molar-refractivity contribution in [3.63, 3.8) is 0 Å². The normalized spacial score (nSPS) is 11.8. The summed E-state index contributed by atoms with van der Waals surface area (Å²) in [6.07, 6.45) is 36.9. The Morgan fingerprint density at radius 2 is 0.895 bits per heavy atom. The minimum Gasteiger partial charge on any atom is -0.309 e. The molecule has 0 aliphatic carbocycles. The number of hydrogen-bond acceptors (Lipinski definition) is 5. The van der Waals surface area contributed by atoms with Gasteiger partial charge in [-0.1, -0.05) is 24.3 Å². The first-order chi connectivity index (χ1) is 46.6. The zero-order chi connectivity index (χ0) is 68.1. The molecule has 0 N–H and O–H groups in total.